The molecule has 2 heterocycles. The van der Waals surface area contributed by atoms with E-state index in [0.717, 1.165) is 42.0 Å². The maximum absolute atomic E-state index is 6.42. The van der Waals surface area contributed by atoms with Gasteiger partial charge >= 0.3 is 0 Å². The van der Waals surface area contributed by atoms with E-state index in [2.05, 4.69) is 22.1 Å². The van der Waals surface area contributed by atoms with Crippen molar-refractivity contribution in [3.63, 3.8) is 0 Å². The van der Waals surface area contributed by atoms with Crippen LogP contribution in [0.15, 0.2) is 12.3 Å². The minimum Gasteiger partial charge on any atom is -0.355 e. The lowest BCUT2D eigenvalue weighted by Crippen LogP contribution is -2.25. The van der Waals surface area contributed by atoms with Crippen molar-refractivity contribution in [2.75, 3.05) is 25.0 Å². The molecule has 1 saturated heterocycles. The molecular weight excluding hydrogens is 270 g/mol. The Balaban J connectivity index is 2.03. The molecule has 3 nitrogen and oxygen atoms in total. The molecule has 1 aliphatic heterocycles. The normalized spacial score (nSPS) is 19.9. The lowest BCUT2D eigenvalue weighted by molar-refractivity contribution is 0.435. The molecule has 0 spiro atoms. The van der Waals surface area contributed by atoms with Crippen molar-refractivity contribution in [2.45, 2.75) is 45.6 Å². The molecule has 1 atom stereocenters. The molecule has 1 aromatic heterocycles. The largest absolute Gasteiger partial charge is 0.355 e. The van der Waals surface area contributed by atoms with Gasteiger partial charge < -0.3 is 10.2 Å². The smallest absolute Gasteiger partial charge is 0.147 e. The number of nitrogens with zero attached hydrogens (tertiary/aromatic N) is 2. The highest BCUT2D eigenvalue weighted by molar-refractivity contribution is 6.33. The number of pyridine rings is 1. The highest BCUT2D eigenvalue weighted by Crippen LogP contribution is 2.29. The monoisotopic (exact) mass is 295 g/mol. The summed E-state index contributed by atoms with van der Waals surface area (Å²) in [4.78, 5) is 6.95. The summed E-state index contributed by atoms with van der Waals surface area (Å²) in [6.45, 7) is 5.26. The molecule has 4 heteroatoms. The van der Waals surface area contributed by atoms with Crippen LogP contribution < -0.4 is 10.2 Å². The molecule has 1 N–H and O–H groups in total. The number of nitrogens with one attached hydrogen (secondary N) is 1. The first-order chi connectivity index (χ1) is 9.74. The van der Waals surface area contributed by atoms with Crippen molar-refractivity contribution in [3.05, 3.63) is 22.8 Å². The summed E-state index contributed by atoms with van der Waals surface area (Å²) in [6, 6.07) is 2.04. The minimum atomic E-state index is 0.784. The average Bonchev–Trinajstić information content (AvgIpc) is 2.66. The Kier molecular flexibility index (Phi) is 6.11. The summed E-state index contributed by atoms with van der Waals surface area (Å²) < 4.78 is 0. The number of halogens is 1. The van der Waals surface area contributed by atoms with Crippen LogP contribution in [0.3, 0.4) is 0 Å². The molecule has 0 bridgehead atoms. The number of aromatic nitrogens is 1. The molecule has 112 valence electrons. The first-order valence-electron chi connectivity index (χ1n) is 7.78. The van der Waals surface area contributed by atoms with Crippen LogP contribution in [0.2, 0.25) is 5.02 Å². The first kappa shape index (κ1) is 15.6. The summed E-state index contributed by atoms with van der Waals surface area (Å²) in [5, 5.41) is 3.91. The third-order valence-electron chi connectivity index (χ3n) is 4.10. The van der Waals surface area contributed by atoms with Crippen LogP contribution in [0.5, 0.6) is 0 Å². The molecule has 0 aromatic carbocycles. The predicted octanol–water partition coefficient (Wildman–Crippen LogP) is 3.86. The number of hydrogen-bond donors (Lipinski definition) is 1. The van der Waals surface area contributed by atoms with Crippen molar-refractivity contribution in [1.29, 1.82) is 0 Å². The highest BCUT2D eigenvalue weighted by Gasteiger charge is 2.19. The third kappa shape index (κ3) is 4.10. The van der Waals surface area contributed by atoms with Crippen LogP contribution in [0.25, 0.3) is 0 Å². The van der Waals surface area contributed by atoms with E-state index in [1.54, 1.807) is 0 Å². The second kappa shape index (κ2) is 7.84. The van der Waals surface area contributed by atoms with Gasteiger partial charge in [0.05, 0.1) is 5.02 Å². The summed E-state index contributed by atoms with van der Waals surface area (Å²) in [6.07, 6.45) is 8.45. The van der Waals surface area contributed by atoms with Gasteiger partial charge in [0, 0.05) is 25.8 Å². The zero-order valence-corrected chi connectivity index (χ0v) is 13.4. The Morgan fingerprint density at radius 3 is 2.95 bits per heavy atom. The van der Waals surface area contributed by atoms with Crippen LogP contribution in [-0.4, -0.2) is 25.1 Å². The summed E-state index contributed by atoms with van der Waals surface area (Å²) >= 11 is 6.42. The first-order valence-corrected chi connectivity index (χ1v) is 8.16. The Hall–Kier alpha value is -0.800. The third-order valence-corrected chi connectivity index (χ3v) is 4.38. The Morgan fingerprint density at radius 2 is 2.25 bits per heavy atom. The van der Waals surface area contributed by atoms with E-state index < -0.39 is 0 Å². The van der Waals surface area contributed by atoms with E-state index in [1.807, 2.05) is 19.3 Å². The van der Waals surface area contributed by atoms with Crippen LogP contribution in [0.1, 0.15) is 44.6 Å². The van der Waals surface area contributed by atoms with Gasteiger partial charge in [0.2, 0.25) is 0 Å². The van der Waals surface area contributed by atoms with Crippen molar-refractivity contribution in [3.8, 4) is 0 Å². The maximum atomic E-state index is 6.42. The molecule has 0 amide bonds. The van der Waals surface area contributed by atoms with Gasteiger partial charge in [-0.1, -0.05) is 31.4 Å². The van der Waals surface area contributed by atoms with Crippen molar-refractivity contribution in [2.24, 2.45) is 5.92 Å². The SMILES string of the molecule is CCCC1CCCN(c2ncc(CNC)cc2Cl)CC1. The zero-order chi connectivity index (χ0) is 14.4. The molecule has 1 aliphatic rings. The van der Waals surface area contributed by atoms with E-state index in [0.29, 0.717) is 0 Å². The highest BCUT2D eigenvalue weighted by atomic mass is 35.5. The lowest BCUT2D eigenvalue weighted by atomic mass is 9.96. The van der Waals surface area contributed by atoms with Gasteiger partial charge in [0.25, 0.3) is 0 Å². The second-order valence-corrected chi connectivity index (χ2v) is 6.16. The van der Waals surface area contributed by atoms with E-state index in [9.17, 15) is 0 Å². The summed E-state index contributed by atoms with van der Waals surface area (Å²) in [5.74, 6) is 1.84. The average molecular weight is 296 g/mol. The fourth-order valence-electron chi connectivity index (χ4n) is 3.08. The molecule has 1 aromatic rings. The van der Waals surface area contributed by atoms with Gasteiger partial charge in [0.1, 0.15) is 5.82 Å². The number of anilines is 1. The number of rotatable bonds is 5. The van der Waals surface area contributed by atoms with E-state index in [1.165, 1.54) is 32.1 Å². The van der Waals surface area contributed by atoms with E-state index >= 15 is 0 Å². The van der Waals surface area contributed by atoms with E-state index in [4.69, 9.17) is 11.6 Å². The van der Waals surface area contributed by atoms with Crippen molar-refractivity contribution < 1.29 is 0 Å². The fourth-order valence-corrected chi connectivity index (χ4v) is 3.39. The molecule has 0 aliphatic carbocycles. The Labute approximate surface area is 127 Å². The minimum absolute atomic E-state index is 0.784. The molecule has 1 fully saturated rings. The Morgan fingerprint density at radius 1 is 1.40 bits per heavy atom. The van der Waals surface area contributed by atoms with Gasteiger partial charge in [0.15, 0.2) is 0 Å². The maximum Gasteiger partial charge on any atom is 0.147 e. The summed E-state index contributed by atoms with van der Waals surface area (Å²) in [7, 11) is 1.94. The Bertz CT molecular complexity index is 422. The second-order valence-electron chi connectivity index (χ2n) is 5.75. The molecule has 20 heavy (non-hydrogen) atoms. The van der Waals surface area contributed by atoms with Crippen LogP contribution in [0, 0.1) is 5.92 Å². The topological polar surface area (TPSA) is 28.2 Å². The summed E-state index contributed by atoms with van der Waals surface area (Å²) in [5.41, 5.74) is 1.14. The van der Waals surface area contributed by atoms with Crippen molar-refractivity contribution in [1.82, 2.24) is 10.3 Å². The van der Waals surface area contributed by atoms with Crippen LogP contribution >= 0.6 is 11.6 Å². The van der Waals surface area contributed by atoms with Gasteiger partial charge in [-0.15, -0.1) is 0 Å². The molecule has 0 saturated carbocycles. The molecular formula is C16H26ClN3. The van der Waals surface area contributed by atoms with Gasteiger partial charge in [-0.05, 0) is 43.9 Å². The van der Waals surface area contributed by atoms with Crippen molar-refractivity contribution >= 4 is 17.4 Å². The van der Waals surface area contributed by atoms with Crippen LogP contribution in [-0.2, 0) is 6.54 Å². The lowest BCUT2D eigenvalue weighted by Gasteiger charge is -2.23. The quantitative estimate of drug-likeness (QED) is 0.894. The van der Waals surface area contributed by atoms with Gasteiger partial charge in [-0.2, -0.15) is 0 Å². The van der Waals surface area contributed by atoms with Crippen LogP contribution in [0.4, 0.5) is 5.82 Å². The predicted molar refractivity (Wildman–Crippen MR) is 86.5 cm³/mol. The fraction of sp³-hybridized carbons (Fsp3) is 0.688. The zero-order valence-electron chi connectivity index (χ0n) is 12.7. The van der Waals surface area contributed by atoms with Gasteiger partial charge in [-0.25, -0.2) is 4.98 Å². The standard InChI is InChI=1S/C16H26ClN3/c1-3-5-13-6-4-8-20(9-7-13)16-15(17)10-14(11-18-2)12-19-16/h10,12-13,18H,3-9,11H2,1-2H3. The van der Waals surface area contributed by atoms with E-state index in [-0.39, 0.29) is 0 Å². The molecule has 2 rings (SSSR count). The molecule has 1 unspecified atom stereocenters. The molecule has 0 radical (unpaired) electrons. The number of hydrogen-bond acceptors (Lipinski definition) is 3. The van der Waals surface area contributed by atoms with Gasteiger partial charge in [-0.3, -0.25) is 0 Å².